The molecule has 0 radical (unpaired) electrons. The molecule has 3 rings (SSSR count). The first-order valence-corrected chi connectivity index (χ1v) is 10.6. The van der Waals surface area contributed by atoms with Crippen molar-refractivity contribution in [2.24, 2.45) is 17.2 Å². The van der Waals surface area contributed by atoms with Crippen molar-refractivity contribution >= 4 is 0 Å². The predicted octanol–water partition coefficient (Wildman–Crippen LogP) is -6.38. The van der Waals surface area contributed by atoms with Crippen LogP contribution in [-0.2, 0) is 28.4 Å². The first-order chi connectivity index (χ1) is 15.7. The summed E-state index contributed by atoms with van der Waals surface area (Å²) in [6, 6.07) is -2.22. The molecule has 33 heavy (non-hydrogen) atoms. The second-order valence-corrected chi connectivity index (χ2v) is 8.28. The van der Waals surface area contributed by atoms with Gasteiger partial charge >= 0.3 is 0 Å². The fourth-order valence-corrected chi connectivity index (χ4v) is 4.18. The van der Waals surface area contributed by atoms with E-state index in [-0.39, 0.29) is 6.54 Å². The van der Waals surface area contributed by atoms with E-state index in [1.165, 1.54) is 7.11 Å². The lowest BCUT2D eigenvalue weighted by Crippen LogP contribution is -2.69. The fourth-order valence-electron chi connectivity index (χ4n) is 4.18. The quantitative estimate of drug-likeness (QED) is 0.155. The van der Waals surface area contributed by atoms with Gasteiger partial charge in [0.25, 0.3) is 0 Å². The van der Waals surface area contributed by atoms with E-state index in [9.17, 15) is 30.6 Å². The average molecular weight is 485 g/mol. The number of rotatable bonds is 8. The highest BCUT2D eigenvalue weighted by molar-refractivity contribution is 4.98. The summed E-state index contributed by atoms with van der Waals surface area (Å²) in [7, 11) is 1.33. The van der Waals surface area contributed by atoms with Gasteiger partial charge in [-0.2, -0.15) is 0 Å². The fraction of sp³-hybridized carbons (Fsp3) is 1.00. The summed E-state index contributed by atoms with van der Waals surface area (Å²) in [5, 5.41) is 59.8. The third kappa shape index (κ3) is 5.32. The van der Waals surface area contributed by atoms with E-state index in [1.807, 2.05) is 0 Å². The van der Waals surface area contributed by atoms with Crippen LogP contribution in [0.3, 0.4) is 0 Å². The first kappa shape index (κ1) is 27.0. The van der Waals surface area contributed by atoms with E-state index in [0.717, 1.165) is 0 Å². The number of hydrogen-bond acceptors (Lipinski definition) is 15. The molecule has 15 nitrogen and oxygen atoms in total. The largest absolute Gasteiger partial charge is 0.394 e. The van der Waals surface area contributed by atoms with Crippen molar-refractivity contribution in [1.82, 2.24) is 0 Å². The SMILES string of the molecule is CO[C@@H]1O[C@H](CO)[C@@H](O[C@@H]2O[C@H](CO)[C@@H](O)[C@H]2O)[C@H](O[C@H]2O[C@H](CN)[C@@H](O)[C@H](O)[C@H]2N)[C@H]1N. The van der Waals surface area contributed by atoms with Gasteiger partial charge in [-0.15, -0.1) is 0 Å². The van der Waals surface area contributed by atoms with Crippen LogP contribution in [-0.4, -0.2) is 143 Å². The highest BCUT2D eigenvalue weighted by Gasteiger charge is 2.53. The molecule has 12 N–H and O–H groups in total. The Morgan fingerprint density at radius 1 is 0.667 bits per heavy atom. The second kappa shape index (κ2) is 11.4. The van der Waals surface area contributed by atoms with Crippen LogP contribution >= 0.6 is 0 Å². The maximum Gasteiger partial charge on any atom is 0.187 e. The molecule has 3 aliphatic heterocycles. The Morgan fingerprint density at radius 3 is 1.76 bits per heavy atom. The van der Waals surface area contributed by atoms with Crippen LogP contribution in [0.2, 0.25) is 0 Å². The summed E-state index contributed by atoms with van der Waals surface area (Å²) in [6.45, 7) is -1.28. The molecule has 0 aromatic carbocycles. The molecular weight excluding hydrogens is 450 g/mol. The molecule has 3 heterocycles. The van der Waals surface area contributed by atoms with E-state index in [2.05, 4.69) is 0 Å². The molecule has 0 bridgehead atoms. The van der Waals surface area contributed by atoms with Gasteiger partial charge in [0.05, 0.1) is 25.3 Å². The third-order valence-corrected chi connectivity index (χ3v) is 6.17. The standard InChI is InChI=1S/C18H35N3O12/c1-28-16-9(21)15(33-17-8(20)12(26)10(24)5(2-19)29-17)14(7(4-23)31-16)32-18-13(27)11(25)6(3-22)30-18/h5-18,22-27H,2-4,19-21H2,1H3/t5-,6-,7-,8-,9-,10-,11-,12-,13-,14-,15-,16-,17-,18+/m1/s1. The summed E-state index contributed by atoms with van der Waals surface area (Å²) in [6.07, 6.45) is -15.0. The number of aliphatic hydroxyl groups is 6. The van der Waals surface area contributed by atoms with Crippen molar-refractivity contribution in [3.8, 4) is 0 Å². The van der Waals surface area contributed by atoms with Crippen molar-refractivity contribution in [2.45, 2.75) is 85.9 Å². The molecule has 0 unspecified atom stereocenters. The molecule has 0 aliphatic carbocycles. The average Bonchev–Trinajstić information content (AvgIpc) is 3.09. The zero-order valence-corrected chi connectivity index (χ0v) is 18.1. The van der Waals surface area contributed by atoms with E-state index in [1.54, 1.807) is 0 Å². The molecule has 3 fully saturated rings. The van der Waals surface area contributed by atoms with Gasteiger partial charge in [-0.1, -0.05) is 0 Å². The summed E-state index contributed by atoms with van der Waals surface area (Å²) in [5.41, 5.74) is 17.9. The normalized spacial score (nSPS) is 51.1. The van der Waals surface area contributed by atoms with Gasteiger partial charge in [-0.25, -0.2) is 0 Å². The van der Waals surface area contributed by atoms with Crippen LogP contribution in [0.4, 0.5) is 0 Å². The van der Waals surface area contributed by atoms with Gasteiger partial charge in [0.1, 0.15) is 54.9 Å². The number of methoxy groups -OCH3 is 1. The first-order valence-electron chi connectivity index (χ1n) is 10.6. The van der Waals surface area contributed by atoms with Gasteiger partial charge in [0.15, 0.2) is 18.9 Å². The number of nitrogens with two attached hydrogens (primary N) is 3. The lowest BCUT2D eigenvalue weighted by molar-refractivity contribution is -0.340. The molecule has 0 amide bonds. The molecule has 14 atom stereocenters. The molecule has 0 aromatic rings. The zero-order chi connectivity index (χ0) is 24.4. The molecule has 0 spiro atoms. The maximum absolute atomic E-state index is 10.3. The highest BCUT2D eigenvalue weighted by atomic mass is 16.8. The van der Waals surface area contributed by atoms with Crippen molar-refractivity contribution in [3.63, 3.8) is 0 Å². The van der Waals surface area contributed by atoms with Crippen molar-refractivity contribution < 1.29 is 59.1 Å². The van der Waals surface area contributed by atoms with Crippen LogP contribution in [0.15, 0.2) is 0 Å². The maximum atomic E-state index is 10.3. The number of aliphatic hydroxyl groups excluding tert-OH is 6. The summed E-state index contributed by atoms with van der Waals surface area (Å²) in [5.74, 6) is 0. The molecule has 0 saturated carbocycles. The lowest BCUT2D eigenvalue weighted by Gasteiger charge is -2.48. The van der Waals surface area contributed by atoms with Crippen molar-refractivity contribution in [1.29, 1.82) is 0 Å². The van der Waals surface area contributed by atoms with Crippen LogP contribution in [0.25, 0.3) is 0 Å². The molecule has 3 saturated heterocycles. The van der Waals surface area contributed by atoms with Crippen LogP contribution in [0.5, 0.6) is 0 Å². The Hall–Kier alpha value is -0.600. The van der Waals surface area contributed by atoms with Crippen LogP contribution in [0, 0.1) is 0 Å². The van der Waals surface area contributed by atoms with E-state index < -0.39 is 99.1 Å². The van der Waals surface area contributed by atoms with Gasteiger partial charge in [-0.05, 0) is 0 Å². The second-order valence-electron chi connectivity index (χ2n) is 8.28. The summed E-state index contributed by atoms with van der Waals surface area (Å²) < 4.78 is 33.6. The summed E-state index contributed by atoms with van der Waals surface area (Å²) >= 11 is 0. The van der Waals surface area contributed by atoms with E-state index in [0.29, 0.717) is 0 Å². The van der Waals surface area contributed by atoms with Gasteiger partial charge in [0, 0.05) is 13.7 Å². The monoisotopic (exact) mass is 485 g/mol. The Labute approximate surface area is 189 Å². The van der Waals surface area contributed by atoms with Gasteiger partial charge < -0.3 is 76.3 Å². The van der Waals surface area contributed by atoms with Crippen LogP contribution in [0.1, 0.15) is 0 Å². The minimum atomic E-state index is -1.52. The Bertz CT molecular complexity index is 620. The zero-order valence-electron chi connectivity index (χ0n) is 18.1. The Morgan fingerprint density at radius 2 is 1.21 bits per heavy atom. The number of ether oxygens (including phenoxy) is 6. The molecule has 194 valence electrons. The van der Waals surface area contributed by atoms with Gasteiger partial charge in [0.2, 0.25) is 0 Å². The third-order valence-electron chi connectivity index (χ3n) is 6.17. The highest BCUT2D eigenvalue weighted by Crippen LogP contribution is 2.32. The molecule has 3 aliphatic rings. The van der Waals surface area contributed by atoms with Crippen molar-refractivity contribution in [3.05, 3.63) is 0 Å². The Kier molecular flexibility index (Phi) is 9.35. The van der Waals surface area contributed by atoms with E-state index >= 15 is 0 Å². The molecule has 0 aromatic heterocycles. The van der Waals surface area contributed by atoms with E-state index in [4.69, 9.17) is 45.6 Å². The molecule has 15 heteroatoms. The van der Waals surface area contributed by atoms with Gasteiger partial charge in [-0.3, -0.25) is 0 Å². The van der Waals surface area contributed by atoms with Crippen molar-refractivity contribution in [2.75, 3.05) is 26.9 Å². The van der Waals surface area contributed by atoms with Crippen LogP contribution < -0.4 is 17.2 Å². The Balaban J connectivity index is 1.84. The topological polar surface area (TPSA) is 255 Å². The lowest BCUT2D eigenvalue weighted by atomic mass is 9.95. The minimum Gasteiger partial charge on any atom is -0.394 e. The molecular formula is C18H35N3O12. The summed E-state index contributed by atoms with van der Waals surface area (Å²) in [4.78, 5) is 0. The minimum absolute atomic E-state index is 0.132. The smallest absolute Gasteiger partial charge is 0.187 e. The predicted molar refractivity (Wildman–Crippen MR) is 106 cm³/mol. The number of hydrogen-bond donors (Lipinski definition) is 9.